The Kier molecular flexibility index (Phi) is 2.73. The lowest BCUT2D eigenvalue weighted by Crippen LogP contribution is -2.16. The number of nitrogens with zero attached hydrogens (tertiary/aromatic N) is 3. The van der Waals surface area contributed by atoms with Crippen molar-refractivity contribution in [3.8, 4) is 0 Å². The molecule has 2 rings (SSSR count). The molecule has 0 radical (unpaired) electrons. The van der Waals surface area contributed by atoms with Gasteiger partial charge in [-0.3, -0.25) is 19.2 Å². The van der Waals surface area contributed by atoms with E-state index in [-0.39, 0.29) is 12.2 Å². The molecule has 2 aromatic rings. The van der Waals surface area contributed by atoms with Crippen LogP contribution in [0.2, 0.25) is 0 Å². The van der Waals surface area contributed by atoms with Crippen molar-refractivity contribution in [1.82, 2.24) is 9.72 Å². The first-order valence-electron chi connectivity index (χ1n) is 4.84. The highest BCUT2D eigenvalue weighted by molar-refractivity contribution is 5.32. The molecule has 1 aromatic heterocycles. The maximum atomic E-state index is 11.2. The van der Waals surface area contributed by atoms with Gasteiger partial charge in [0.2, 0.25) is 0 Å². The van der Waals surface area contributed by atoms with Crippen molar-refractivity contribution >= 4 is 5.69 Å². The Balaban J connectivity index is 2.25. The summed E-state index contributed by atoms with van der Waals surface area (Å²) in [7, 11) is 0. The number of rotatable bonds is 3. The summed E-state index contributed by atoms with van der Waals surface area (Å²) in [5, 5.41) is 14.0. The van der Waals surface area contributed by atoms with Gasteiger partial charge in [0.15, 0.2) is 5.82 Å². The number of nitro benzene ring substituents is 1. The minimum Gasteiger partial charge on any atom is -0.296 e. The highest BCUT2D eigenvalue weighted by atomic mass is 16.6. The number of non-ortho nitro benzene ring substituents is 1. The van der Waals surface area contributed by atoms with Gasteiger partial charge in [-0.2, -0.15) is 0 Å². The van der Waals surface area contributed by atoms with Crippen LogP contribution in [-0.4, -0.2) is 14.6 Å². The Labute approximate surface area is 95.4 Å². The highest BCUT2D eigenvalue weighted by Crippen LogP contribution is 2.12. The van der Waals surface area contributed by atoms with Crippen LogP contribution < -0.4 is 5.76 Å². The Morgan fingerprint density at radius 2 is 2.06 bits per heavy atom. The van der Waals surface area contributed by atoms with Crippen LogP contribution in [-0.2, 0) is 6.54 Å². The van der Waals surface area contributed by atoms with Gasteiger partial charge in [-0.1, -0.05) is 17.3 Å². The molecule has 0 spiro atoms. The van der Waals surface area contributed by atoms with Crippen LogP contribution in [0.4, 0.5) is 5.69 Å². The summed E-state index contributed by atoms with van der Waals surface area (Å²) in [6.07, 6.45) is 0. The summed E-state index contributed by atoms with van der Waals surface area (Å²) in [5.74, 6) is -0.0748. The van der Waals surface area contributed by atoms with Crippen LogP contribution in [0, 0.1) is 17.0 Å². The monoisotopic (exact) mass is 235 g/mol. The second-order valence-corrected chi connectivity index (χ2v) is 3.51. The predicted octanol–water partition coefficient (Wildman–Crippen LogP) is 1.10. The lowest BCUT2D eigenvalue weighted by atomic mass is 10.2. The predicted molar refractivity (Wildman–Crippen MR) is 57.7 cm³/mol. The summed E-state index contributed by atoms with van der Waals surface area (Å²) in [4.78, 5) is 21.2. The second kappa shape index (κ2) is 4.20. The van der Waals surface area contributed by atoms with Crippen LogP contribution in [0.1, 0.15) is 11.4 Å². The average Bonchev–Trinajstić information content (AvgIpc) is 2.61. The molecule has 0 unspecified atom stereocenters. The van der Waals surface area contributed by atoms with Gasteiger partial charge >= 0.3 is 5.76 Å². The van der Waals surface area contributed by atoms with E-state index in [2.05, 4.69) is 9.68 Å². The zero-order valence-electron chi connectivity index (χ0n) is 8.99. The van der Waals surface area contributed by atoms with Gasteiger partial charge in [0.05, 0.1) is 11.5 Å². The molecule has 0 N–H and O–H groups in total. The Hall–Kier alpha value is -2.44. The van der Waals surface area contributed by atoms with E-state index in [4.69, 9.17) is 0 Å². The molecule has 88 valence electrons. The van der Waals surface area contributed by atoms with Gasteiger partial charge in [-0.05, 0) is 12.5 Å². The van der Waals surface area contributed by atoms with Crippen molar-refractivity contribution < 1.29 is 9.45 Å². The fraction of sp³-hybridized carbons (Fsp3) is 0.200. The molecule has 7 heteroatoms. The van der Waals surface area contributed by atoms with E-state index in [1.165, 1.54) is 16.7 Å². The molecular formula is C10H9N3O4. The maximum Gasteiger partial charge on any atom is 0.441 e. The van der Waals surface area contributed by atoms with Crippen LogP contribution >= 0.6 is 0 Å². The molecule has 1 heterocycles. The highest BCUT2D eigenvalue weighted by Gasteiger charge is 2.08. The van der Waals surface area contributed by atoms with E-state index in [1.807, 2.05) is 0 Å². The smallest absolute Gasteiger partial charge is 0.296 e. The number of nitro groups is 1. The number of aryl methyl sites for hydroxylation is 1. The molecule has 0 atom stereocenters. The molecule has 0 saturated heterocycles. The van der Waals surface area contributed by atoms with Gasteiger partial charge in [0, 0.05) is 12.1 Å². The van der Waals surface area contributed by atoms with Crippen LogP contribution in [0.5, 0.6) is 0 Å². The van der Waals surface area contributed by atoms with Crippen molar-refractivity contribution in [2.24, 2.45) is 0 Å². The first-order chi connectivity index (χ1) is 8.08. The van der Waals surface area contributed by atoms with Gasteiger partial charge < -0.3 is 0 Å². The average molecular weight is 235 g/mol. The standard InChI is InChI=1S/C10H9N3O4/c1-7-11-17-10(14)12(7)6-8-2-4-9(5-3-8)13(15)16/h2-5H,6H2,1H3. The number of benzene rings is 1. The van der Waals surface area contributed by atoms with Gasteiger partial charge in [-0.25, -0.2) is 4.79 Å². The fourth-order valence-corrected chi connectivity index (χ4v) is 1.42. The SMILES string of the molecule is Cc1noc(=O)n1Cc1ccc([N+](=O)[O-])cc1. The molecule has 0 amide bonds. The van der Waals surface area contributed by atoms with Gasteiger partial charge in [-0.15, -0.1) is 0 Å². The zero-order chi connectivity index (χ0) is 12.4. The molecule has 7 nitrogen and oxygen atoms in total. The van der Waals surface area contributed by atoms with Gasteiger partial charge in [0.25, 0.3) is 5.69 Å². The first-order valence-corrected chi connectivity index (χ1v) is 4.84. The molecule has 0 aliphatic rings. The van der Waals surface area contributed by atoms with E-state index in [9.17, 15) is 14.9 Å². The normalized spacial score (nSPS) is 10.4. The molecule has 0 aliphatic heterocycles. The maximum absolute atomic E-state index is 11.2. The Bertz CT molecular complexity index is 597. The summed E-state index contributed by atoms with van der Waals surface area (Å²) in [6.45, 7) is 1.93. The molecular weight excluding hydrogens is 226 g/mol. The molecule has 0 bridgehead atoms. The van der Waals surface area contributed by atoms with Crippen molar-refractivity contribution in [2.45, 2.75) is 13.5 Å². The molecule has 0 fully saturated rings. The van der Waals surface area contributed by atoms with E-state index in [0.717, 1.165) is 5.56 Å². The molecule has 0 aliphatic carbocycles. The Morgan fingerprint density at radius 1 is 1.41 bits per heavy atom. The van der Waals surface area contributed by atoms with E-state index >= 15 is 0 Å². The molecule has 0 saturated carbocycles. The number of hydrogen-bond acceptors (Lipinski definition) is 5. The van der Waals surface area contributed by atoms with E-state index in [0.29, 0.717) is 5.82 Å². The van der Waals surface area contributed by atoms with Gasteiger partial charge in [0.1, 0.15) is 0 Å². The summed E-state index contributed by atoms with van der Waals surface area (Å²) >= 11 is 0. The largest absolute Gasteiger partial charge is 0.441 e. The lowest BCUT2D eigenvalue weighted by Gasteiger charge is -2.01. The molecule has 17 heavy (non-hydrogen) atoms. The van der Waals surface area contributed by atoms with E-state index < -0.39 is 10.7 Å². The fourth-order valence-electron chi connectivity index (χ4n) is 1.42. The van der Waals surface area contributed by atoms with Crippen LogP contribution in [0.3, 0.4) is 0 Å². The minimum absolute atomic E-state index is 0.0168. The second-order valence-electron chi connectivity index (χ2n) is 3.51. The van der Waals surface area contributed by atoms with Crippen molar-refractivity contribution in [3.05, 3.63) is 56.3 Å². The quantitative estimate of drug-likeness (QED) is 0.586. The van der Waals surface area contributed by atoms with Crippen molar-refractivity contribution in [2.75, 3.05) is 0 Å². The molecule has 1 aromatic carbocycles. The summed E-state index contributed by atoms with van der Waals surface area (Å²) < 4.78 is 5.83. The summed E-state index contributed by atoms with van der Waals surface area (Å²) in [6, 6.07) is 5.97. The van der Waals surface area contributed by atoms with Crippen molar-refractivity contribution in [1.29, 1.82) is 0 Å². The lowest BCUT2D eigenvalue weighted by molar-refractivity contribution is -0.384. The third kappa shape index (κ3) is 2.22. The zero-order valence-corrected chi connectivity index (χ0v) is 8.99. The summed E-state index contributed by atoms with van der Waals surface area (Å²) in [5.41, 5.74) is 0.784. The number of aromatic nitrogens is 2. The van der Waals surface area contributed by atoms with Crippen LogP contribution in [0.25, 0.3) is 0 Å². The third-order valence-electron chi connectivity index (χ3n) is 2.35. The third-order valence-corrected chi connectivity index (χ3v) is 2.35. The Morgan fingerprint density at radius 3 is 2.53 bits per heavy atom. The van der Waals surface area contributed by atoms with Crippen molar-refractivity contribution in [3.63, 3.8) is 0 Å². The topological polar surface area (TPSA) is 91.2 Å². The van der Waals surface area contributed by atoms with Crippen LogP contribution in [0.15, 0.2) is 33.6 Å². The minimum atomic E-state index is -0.541. The first kappa shape index (κ1) is 11.1. The number of hydrogen-bond donors (Lipinski definition) is 0. The van der Waals surface area contributed by atoms with E-state index in [1.54, 1.807) is 19.1 Å².